The highest BCUT2D eigenvalue weighted by atomic mass is 14.4. The van der Waals surface area contributed by atoms with E-state index >= 15 is 0 Å². The molecule has 0 aromatic heterocycles. The molecule has 0 amide bonds. The summed E-state index contributed by atoms with van der Waals surface area (Å²) in [5, 5.41) is 0. The lowest BCUT2D eigenvalue weighted by Crippen LogP contribution is -2.31. The van der Waals surface area contributed by atoms with Crippen LogP contribution in [0.1, 0.15) is 283 Å². The molecule has 0 radical (unpaired) electrons. The third-order valence-electron chi connectivity index (χ3n) is 5.65. The Kier molecular flexibility index (Phi) is 26.9. The van der Waals surface area contributed by atoms with Crippen LogP contribution in [-0.2, 0) is 0 Å². The van der Waals surface area contributed by atoms with Crippen molar-refractivity contribution in [3.63, 3.8) is 0 Å². The molecule has 0 rings (SSSR count). The van der Waals surface area contributed by atoms with Gasteiger partial charge in [-0.15, -0.1) is 0 Å². The lowest BCUT2D eigenvalue weighted by Gasteiger charge is -2.40. The predicted octanol–water partition coefficient (Wildman–Crippen LogP) is 17.3. The Bertz CT molecular complexity index is 1050. The lowest BCUT2D eigenvalue weighted by molar-refractivity contribution is 0.0975. The van der Waals surface area contributed by atoms with E-state index in [1.54, 1.807) is 20.8 Å². The molecule has 0 saturated carbocycles. The number of rotatable bonds is 14. The minimum absolute atomic E-state index is 0.0417. The summed E-state index contributed by atoms with van der Waals surface area (Å²) in [4.78, 5) is 0. The maximum absolute atomic E-state index is 7.53. The summed E-state index contributed by atoms with van der Waals surface area (Å²) < 4.78 is 157. The van der Waals surface area contributed by atoms with Gasteiger partial charge in [-0.3, -0.25) is 0 Å². The van der Waals surface area contributed by atoms with Crippen LogP contribution in [0.2, 0.25) is 0 Å². The molecular weight excluding hydrogens is 492 g/mol. The first-order chi connectivity index (χ1) is 26.9. The molecule has 0 nitrogen and oxygen atoms in total. The van der Waals surface area contributed by atoms with Gasteiger partial charge in [0.25, 0.3) is 0 Å². The third kappa shape index (κ3) is 73.7. The monoisotopic (exact) mass is 611 g/mol. The second kappa shape index (κ2) is 52.6. The number of hydrogen-bond acceptors (Lipinski definition) is 0. The summed E-state index contributed by atoms with van der Waals surface area (Å²) in [6, 6.07) is 0. The van der Waals surface area contributed by atoms with Crippen LogP contribution in [0.3, 0.4) is 0 Å². The summed E-state index contributed by atoms with van der Waals surface area (Å²) in [5.74, 6) is -1.41. The zero-order chi connectivity index (χ0) is 53.6. The molecule has 0 aliphatic carbocycles. The fourth-order valence-electron chi connectivity index (χ4n) is 2.49. The van der Waals surface area contributed by atoms with Gasteiger partial charge in [-0.05, 0) is 16.7 Å². The van der Waals surface area contributed by atoms with Crippen LogP contribution in [0.4, 0.5) is 0 Å². The molecule has 0 atom stereocenters. The summed E-state index contributed by atoms with van der Waals surface area (Å²) in [6.45, 7) is 28.5. The van der Waals surface area contributed by atoms with Crippen LogP contribution in [0.5, 0.6) is 0 Å². The smallest absolute Gasteiger partial charge is 0.0297 e. The van der Waals surface area contributed by atoms with E-state index in [4.69, 9.17) is 30.2 Å². The van der Waals surface area contributed by atoms with E-state index in [1.807, 2.05) is 41.5 Å². The molecule has 41 heavy (non-hydrogen) atoms. The zero-order valence-corrected chi connectivity index (χ0v) is 31.6. The van der Waals surface area contributed by atoms with Crippen molar-refractivity contribution in [1.82, 2.24) is 0 Å². The van der Waals surface area contributed by atoms with E-state index in [0.29, 0.717) is 25.7 Å². The second-order valence-electron chi connectivity index (χ2n) is 10.1. The van der Waals surface area contributed by atoms with Crippen LogP contribution in [0.15, 0.2) is 0 Å². The maximum atomic E-state index is 7.53. The molecule has 0 aliphatic rings. The first-order valence-corrected chi connectivity index (χ1v) is 15.9. The van der Waals surface area contributed by atoms with Gasteiger partial charge in [0.15, 0.2) is 0 Å². The van der Waals surface area contributed by atoms with Gasteiger partial charge in [-0.2, -0.15) is 0 Å². The van der Waals surface area contributed by atoms with E-state index in [1.165, 1.54) is 34.6 Å². The SMILES string of the molecule is [2H]C([2H])(C)C([2H])([2H])C([2H])(C)C.[2H]C([2H])(C)C([2H])([2H])CC.[2H]C([2H])(C)CC([2H])([2H])C.[2H]C([2H])(C)CCC.[2H]C([2H])(C)CCC.[2H]C([2H])(CC)CC.[2H]C([2H])([2H])C(C)(C)C(C)(CC)CC. The topological polar surface area (TPSA) is 0 Å². The van der Waals surface area contributed by atoms with Crippen molar-refractivity contribution in [1.29, 1.82) is 0 Å². The molecule has 0 heteroatoms. The lowest BCUT2D eigenvalue weighted by atomic mass is 9.65. The van der Waals surface area contributed by atoms with Crippen LogP contribution in [-0.4, -0.2) is 0 Å². The summed E-state index contributed by atoms with van der Waals surface area (Å²) in [6.07, 6.45) is -6.63. The van der Waals surface area contributed by atoms with E-state index in [-0.39, 0.29) is 18.3 Å². The third-order valence-corrected chi connectivity index (χ3v) is 5.65. The highest BCUT2D eigenvalue weighted by Crippen LogP contribution is 2.43. The Hall–Kier alpha value is 0. The summed E-state index contributed by atoms with van der Waals surface area (Å²) >= 11 is 0. The van der Waals surface area contributed by atoms with E-state index in [2.05, 4.69) is 20.8 Å². The molecule has 0 bridgehead atoms. The molecule has 0 N–H and O–H groups in total. The molecule has 0 aliphatic heterocycles. The van der Waals surface area contributed by atoms with Crippen molar-refractivity contribution in [3.05, 3.63) is 0 Å². The van der Waals surface area contributed by atoms with Crippen LogP contribution in [0.25, 0.3) is 0 Å². The molecule has 0 aromatic carbocycles. The highest BCUT2D eigenvalue weighted by molar-refractivity contribution is 4.83. The molecule has 260 valence electrons. The van der Waals surface area contributed by atoms with Crippen molar-refractivity contribution in [3.8, 4) is 0 Å². The number of hydrogen-bond donors (Lipinski definition) is 0. The van der Waals surface area contributed by atoms with Crippen molar-refractivity contribution in [2.45, 2.75) is 253 Å². The fraction of sp³-hybridized carbons (Fsp3) is 1.00. The van der Waals surface area contributed by atoms with Gasteiger partial charge >= 0.3 is 0 Å². The van der Waals surface area contributed by atoms with Crippen LogP contribution in [0, 0.1) is 16.7 Å². The minimum atomic E-state index is -2.13. The average Bonchev–Trinajstić information content (AvgIpc) is 3.01. The first kappa shape index (κ1) is 20.9. The highest BCUT2D eigenvalue weighted by Gasteiger charge is 2.33. The van der Waals surface area contributed by atoms with Crippen LogP contribution < -0.4 is 0 Å². The normalized spacial score (nSPS) is 21.6. The van der Waals surface area contributed by atoms with E-state index < -0.39 is 75.5 Å². The van der Waals surface area contributed by atoms with Gasteiger partial charge in [-0.1, -0.05) is 253 Å². The van der Waals surface area contributed by atoms with E-state index in [0.717, 1.165) is 32.6 Å². The van der Waals surface area contributed by atoms with Crippen molar-refractivity contribution < 1.29 is 30.2 Å². The Morgan fingerprint density at radius 3 is 0.902 bits per heavy atom. The van der Waals surface area contributed by atoms with Crippen molar-refractivity contribution >= 4 is 0 Å². The van der Waals surface area contributed by atoms with Gasteiger partial charge < -0.3 is 0 Å². The van der Waals surface area contributed by atoms with Crippen molar-refractivity contribution in [2.75, 3.05) is 0 Å². The second-order valence-corrected chi connectivity index (χ2v) is 10.1. The van der Waals surface area contributed by atoms with Gasteiger partial charge in [0.2, 0.25) is 0 Å². The first-order valence-electron chi connectivity index (χ1n) is 26.9. The van der Waals surface area contributed by atoms with Crippen molar-refractivity contribution in [2.24, 2.45) is 16.7 Å². The standard InChI is InChI=1S/C10H22.C6H14.5C5H12/c1-7-10(6,8-2)9(3,4)5;1-4-5-6(2)3;5*1-3-5-4-2/h7-8H2,1-6H3;6H,4-5H2,1-3H3;5*3-5H2,1-2H3/i3D3;4D2,5D2,6D;3D2,5D2;3D2,4D2;5D2;2*3D2. The van der Waals surface area contributed by atoms with Gasteiger partial charge in [0, 0.05) is 30.2 Å². The zero-order valence-electron chi connectivity index (χ0n) is 53.6. The Morgan fingerprint density at radius 1 is 0.512 bits per heavy atom. The van der Waals surface area contributed by atoms with E-state index in [9.17, 15) is 0 Å². The average molecular weight is 611 g/mol. The molecule has 0 unspecified atom stereocenters. The molecular formula is C41H96. The molecule has 0 saturated heterocycles. The quantitative estimate of drug-likeness (QED) is 0.183. The Labute approximate surface area is 300 Å². The molecule has 0 aromatic rings. The predicted molar refractivity (Wildman–Crippen MR) is 204 cm³/mol. The van der Waals surface area contributed by atoms with Crippen LogP contribution >= 0.6 is 0 Å². The largest absolute Gasteiger partial charge is 0.0654 e. The van der Waals surface area contributed by atoms with Gasteiger partial charge in [0.1, 0.15) is 0 Å². The summed E-state index contributed by atoms with van der Waals surface area (Å²) in [5.41, 5.74) is -0.707. The minimum Gasteiger partial charge on any atom is -0.0654 e. The molecule has 0 spiro atoms. The molecule has 0 heterocycles. The molecule has 0 fully saturated rings. The maximum Gasteiger partial charge on any atom is 0.0297 e. The van der Waals surface area contributed by atoms with Gasteiger partial charge in [-0.25, -0.2) is 0 Å². The fourth-order valence-corrected chi connectivity index (χ4v) is 2.49. The summed E-state index contributed by atoms with van der Waals surface area (Å²) in [7, 11) is 0. The van der Waals surface area contributed by atoms with Gasteiger partial charge in [0.05, 0.1) is 0 Å². The Morgan fingerprint density at radius 2 is 0.878 bits per heavy atom. The Balaban J connectivity index is -0.000000118.